The van der Waals surface area contributed by atoms with Crippen molar-refractivity contribution in [3.63, 3.8) is 0 Å². The number of primary amides is 1. The number of esters is 2. The fourth-order valence-electron chi connectivity index (χ4n) is 10.7. The molecule has 0 bridgehead atoms. The van der Waals surface area contributed by atoms with Crippen molar-refractivity contribution in [2.45, 2.75) is 81.6 Å². The molecule has 16 nitrogen and oxygen atoms in total. The number of nitrogens with one attached hydrogen (secondary N) is 2. The number of ether oxygens (including phenoxy) is 3. The quantitative estimate of drug-likeness (QED) is 0.110. The van der Waals surface area contributed by atoms with Crippen molar-refractivity contribution >= 4 is 41.5 Å². The van der Waals surface area contributed by atoms with Gasteiger partial charge in [-0.25, -0.2) is 19.3 Å². The van der Waals surface area contributed by atoms with Gasteiger partial charge in [-0.3, -0.25) is 19.3 Å². The highest BCUT2D eigenvalue weighted by Crippen LogP contribution is 2.66. The number of nitrogens with two attached hydrogens (primary N) is 1. The molecule has 0 aliphatic carbocycles. The lowest BCUT2D eigenvalue weighted by molar-refractivity contribution is -0.179. The molecule has 0 unspecified atom stereocenters. The van der Waals surface area contributed by atoms with Crippen LogP contribution in [0.2, 0.25) is 0 Å². The van der Waals surface area contributed by atoms with Crippen LogP contribution in [0.25, 0.3) is 0 Å². The van der Waals surface area contributed by atoms with Crippen molar-refractivity contribution in [1.82, 2.24) is 20.4 Å². The van der Waals surface area contributed by atoms with Crippen LogP contribution in [0.4, 0.5) is 15.3 Å². The van der Waals surface area contributed by atoms with E-state index in [0.29, 0.717) is 48.4 Å². The summed E-state index contributed by atoms with van der Waals surface area (Å²) >= 11 is 0. The van der Waals surface area contributed by atoms with Crippen LogP contribution in [0, 0.1) is 23.7 Å². The zero-order valence-electron chi connectivity index (χ0n) is 39.0. The zero-order valence-corrected chi connectivity index (χ0v) is 39.0. The fraction of sp³-hybridized carbons (Fsp3) is 0.396. The number of rotatable bonds is 11. The number of amides is 6. The second-order valence-electron chi connectivity index (χ2n) is 18.1. The molecule has 16 heteroatoms. The summed E-state index contributed by atoms with van der Waals surface area (Å²) in [7, 11) is 1.21. The minimum absolute atomic E-state index is 0.0454. The Kier molecular flexibility index (Phi) is 14.7. The minimum atomic E-state index is -2.09. The van der Waals surface area contributed by atoms with Gasteiger partial charge in [0.25, 0.3) is 0 Å². The lowest BCUT2D eigenvalue weighted by atomic mass is 9.64. The van der Waals surface area contributed by atoms with Crippen molar-refractivity contribution in [2.24, 2.45) is 17.6 Å². The lowest BCUT2D eigenvalue weighted by Gasteiger charge is -2.46. The Morgan fingerprint density at radius 1 is 0.855 bits per heavy atom. The monoisotopic (exact) mass is 938 g/mol. The number of nitrogens with zero attached hydrogens (tertiary/aromatic N) is 3. The Bertz CT molecular complexity index is 2630. The van der Waals surface area contributed by atoms with Gasteiger partial charge in [-0.05, 0) is 71.3 Å². The molecule has 4 aliphatic rings. The zero-order chi connectivity index (χ0) is 48.8. The molecule has 69 heavy (non-hydrogen) atoms. The van der Waals surface area contributed by atoms with Gasteiger partial charge in [0.05, 0.1) is 44.0 Å². The number of fused-ring (bicyclic) bond motifs is 3. The smallest absolute Gasteiger partial charge is 0.329 e. The van der Waals surface area contributed by atoms with Gasteiger partial charge in [0.2, 0.25) is 11.8 Å². The summed E-state index contributed by atoms with van der Waals surface area (Å²) in [5, 5.41) is 15.1. The van der Waals surface area contributed by atoms with Gasteiger partial charge in [0.15, 0.2) is 0 Å². The summed E-state index contributed by atoms with van der Waals surface area (Å²) in [6.07, 6.45) is 3.22. The third kappa shape index (κ3) is 9.24. The first kappa shape index (κ1) is 48.2. The van der Waals surface area contributed by atoms with Gasteiger partial charge in [-0.2, -0.15) is 0 Å². The molecular formula is C53H58N6O10. The Hall–Kier alpha value is -7.22. The van der Waals surface area contributed by atoms with Crippen LogP contribution in [0.1, 0.15) is 92.0 Å². The van der Waals surface area contributed by atoms with E-state index < -0.39 is 83.3 Å². The molecule has 0 saturated carbocycles. The number of imide groups is 1. The molecule has 5 N–H and O–H groups in total. The van der Waals surface area contributed by atoms with E-state index in [1.54, 1.807) is 61.2 Å². The number of urea groups is 2. The second-order valence-corrected chi connectivity index (χ2v) is 18.1. The van der Waals surface area contributed by atoms with E-state index in [1.165, 1.54) is 7.11 Å². The van der Waals surface area contributed by atoms with E-state index in [9.17, 15) is 14.7 Å². The van der Waals surface area contributed by atoms with Crippen molar-refractivity contribution in [3.05, 3.63) is 131 Å². The van der Waals surface area contributed by atoms with Gasteiger partial charge in [-0.15, -0.1) is 0 Å². The highest BCUT2D eigenvalue weighted by Gasteiger charge is 2.76. The highest BCUT2D eigenvalue weighted by molar-refractivity contribution is 6.25. The van der Waals surface area contributed by atoms with Crippen LogP contribution in [0.3, 0.4) is 0 Å². The lowest BCUT2D eigenvalue weighted by Crippen LogP contribution is -2.58. The average Bonchev–Trinajstić information content (AvgIpc) is 3.80. The van der Waals surface area contributed by atoms with E-state index in [-0.39, 0.29) is 31.0 Å². The minimum Gasteiger partial charge on any atom is -0.491 e. The topological polar surface area (TPSA) is 210 Å². The van der Waals surface area contributed by atoms with Gasteiger partial charge in [0, 0.05) is 18.7 Å². The number of methoxy groups -OCH3 is 1. The number of aliphatic hydroxyl groups excluding tert-OH is 1. The Labute approximate surface area is 401 Å². The van der Waals surface area contributed by atoms with E-state index in [0.717, 1.165) is 29.7 Å². The third-order valence-corrected chi connectivity index (χ3v) is 13.6. The fourth-order valence-corrected chi connectivity index (χ4v) is 10.7. The maximum Gasteiger partial charge on any atom is 0.329 e. The average molecular weight is 939 g/mol. The van der Waals surface area contributed by atoms with Crippen LogP contribution < -0.4 is 26.0 Å². The molecule has 3 saturated heterocycles. The number of carbonyl (C=O) groups excluding carboxylic acids is 6. The molecule has 0 radical (unpaired) electrons. The summed E-state index contributed by atoms with van der Waals surface area (Å²) in [6.45, 7) is 3.78. The largest absolute Gasteiger partial charge is 0.491 e. The Morgan fingerprint density at radius 2 is 1.52 bits per heavy atom. The molecule has 4 aromatic carbocycles. The summed E-state index contributed by atoms with van der Waals surface area (Å²) in [4.78, 5) is 93.0. The Morgan fingerprint density at radius 3 is 2.17 bits per heavy atom. The van der Waals surface area contributed by atoms with Crippen LogP contribution in [-0.4, -0.2) is 103 Å². The predicted octanol–water partition coefficient (Wildman–Crippen LogP) is 5.44. The standard InChI is InChI=1S/C53H58N6O10/c1-33(2)42(48(62)67-3)56-52(66)58-40-25-24-34(17-16-26-55-51(54)65)31-39(40)53(50(58)64)41(47(61)57-27-13-5-4-6-14-28-57)44-49(63)69-45(36-20-11-8-12-21-36)43(35-18-9-7-10-19-35)59(44)46(53)37-22-15-23-38(32-37)68-30-29-60/h7-12,15,18-25,31-33,41-46,60H,4-6,13-14,26-30H2,1-3H3,(H,56,66)(H3,54,55,65)/t41-,42-,43-,44-,45+,46+,53-/m0/s1. The molecule has 0 aromatic heterocycles. The molecule has 8 rings (SSSR count). The number of cyclic esters (lactones) is 1. The van der Waals surface area contributed by atoms with Crippen molar-refractivity contribution in [3.8, 4) is 17.6 Å². The molecule has 360 valence electrons. The number of likely N-dealkylation sites (tertiary alicyclic amines) is 1. The van der Waals surface area contributed by atoms with Crippen molar-refractivity contribution in [2.75, 3.05) is 44.9 Å². The van der Waals surface area contributed by atoms with Crippen molar-refractivity contribution in [1.29, 1.82) is 0 Å². The number of carbonyl (C=O) groups is 6. The van der Waals surface area contributed by atoms with Crippen LogP contribution in [0.15, 0.2) is 103 Å². The Balaban J connectivity index is 1.47. The predicted molar refractivity (Wildman–Crippen MR) is 254 cm³/mol. The first-order valence-corrected chi connectivity index (χ1v) is 23.5. The normalized spacial score (nSPS) is 23.6. The highest BCUT2D eigenvalue weighted by atomic mass is 16.6. The van der Waals surface area contributed by atoms with E-state index in [4.69, 9.17) is 19.9 Å². The first-order chi connectivity index (χ1) is 33.4. The second kappa shape index (κ2) is 21.0. The molecule has 1 spiro atoms. The number of aliphatic hydroxyl groups is 1. The van der Waals surface area contributed by atoms with Crippen LogP contribution >= 0.6 is 0 Å². The number of anilines is 1. The number of morpholine rings is 1. The van der Waals surface area contributed by atoms with Gasteiger partial charge in [0.1, 0.15) is 36.0 Å². The first-order valence-electron chi connectivity index (χ1n) is 23.5. The number of benzene rings is 4. The maximum atomic E-state index is 16.7. The summed E-state index contributed by atoms with van der Waals surface area (Å²) in [5.41, 5.74) is 5.84. The molecule has 4 aromatic rings. The number of hydrogen-bond donors (Lipinski definition) is 4. The third-order valence-electron chi connectivity index (χ3n) is 13.6. The van der Waals surface area contributed by atoms with E-state index in [2.05, 4.69) is 22.5 Å². The molecule has 3 fully saturated rings. The van der Waals surface area contributed by atoms with Gasteiger partial charge >= 0.3 is 24.0 Å². The molecule has 4 aliphatic heterocycles. The summed E-state index contributed by atoms with van der Waals surface area (Å²) in [5.74, 6) is 1.60. The summed E-state index contributed by atoms with van der Waals surface area (Å²) < 4.78 is 17.7. The SMILES string of the molecule is COC(=O)[C@@H](NC(=O)N1C(=O)[C@@]2(c3cc(C#CCNC(N)=O)ccc31)[C@H](C(=O)N1CCCCCCC1)[C@H]1C(=O)O[C@H](c3ccccc3)[C@H](c3ccccc3)N1[C@@H]2c1cccc(OCCO)c1)C(C)C. The summed E-state index contributed by atoms with van der Waals surface area (Å²) in [6, 6.07) is 24.3. The van der Waals surface area contributed by atoms with Gasteiger partial charge in [-0.1, -0.05) is 118 Å². The molecule has 6 amide bonds. The number of hydrogen-bond acceptors (Lipinski definition) is 11. The van der Waals surface area contributed by atoms with Crippen LogP contribution in [-0.2, 0) is 34.1 Å². The maximum absolute atomic E-state index is 16.7. The molecule has 7 atom stereocenters. The molecular weight excluding hydrogens is 881 g/mol. The van der Waals surface area contributed by atoms with E-state index in [1.807, 2.05) is 65.6 Å². The van der Waals surface area contributed by atoms with Gasteiger partial charge < -0.3 is 40.6 Å². The van der Waals surface area contributed by atoms with Crippen LogP contribution in [0.5, 0.6) is 5.75 Å². The molecule has 4 heterocycles. The van der Waals surface area contributed by atoms with Crippen molar-refractivity contribution < 1.29 is 48.1 Å². The van der Waals surface area contributed by atoms with E-state index >= 15 is 19.2 Å².